The molecule has 3 heteroatoms. The third-order valence-electron chi connectivity index (χ3n) is 4.48. The summed E-state index contributed by atoms with van der Waals surface area (Å²) in [5.41, 5.74) is 1.01. The third kappa shape index (κ3) is 1.98. The van der Waals surface area contributed by atoms with Gasteiger partial charge < -0.3 is 10.0 Å². The molecule has 0 bridgehead atoms. The Morgan fingerprint density at radius 1 is 1.22 bits per heavy atom. The maximum Gasteiger partial charge on any atom is 0.254 e. The van der Waals surface area contributed by atoms with Crippen molar-refractivity contribution in [2.24, 2.45) is 5.41 Å². The lowest BCUT2D eigenvalue weighted by Gasteiger charge is -2.23. The molecule has 3 rings (SSSR count). The van der Waals surface area contributed by atoms with Gasteiger partial charge in [-0.1, -0.05) is 18.9 Å². The molecule has 1 saturated heterocycles. The number of benzene rings is 1. The van der Waals surface area contributed by atoms with Crippen LogP contribution < -0.4 is 0 Å². The number of likely N-dealkylation sites (tertiary alicyclic amines) is 1. The zero-order chi connectivity index (χ0) is 12.6. The molecule has 0 aromatic heterocycles. The van der Waals surface area contributed by atoms with E-state index in [4.69, 9.17) is 0 Å². The zero-order valence-corrected chi connectivity index (χ0v) is 10.6. The molecule has 1 saturated carbocycles. The highest BCUT2D eigenvalue weighted by Crippen LogP contribution is 2.45. The van der Waals surface area contributed by atoms with Crippen molar-refractivity contribution in [1.82, 2.24) is 4.90 Å². The van der Waals surface area contributed by atoms with E-state index in [1.165, 1.54) is 25.7 Å². The van der Waals surface area contributed by atoms with E-state index in [2.05, 4.69) is 0 Å². The van der Waals surface area contributed by atoms with E-state index in [1.807, 2.05) is 4.90 Å². The van der Waals surface area contributed by atoms with Crippen LogP contribution in [0, 0.1) is 5.41 Å². The van der Waals surface area contributed by atoms with Crippen LogP contribution >= 0.6 is 0 Å². The lowest BCUT2D eigenvalue weighted by Crippen LogP contribution is -2.31. The van der Waals surface area contributed by atoms with E-state index in [0.717, 1.165) is 19.5 Å². The molecule has 3 nitrogen and oxygen atoms in total. The topological polar surface area (TPSA) is 40.5 Å². The number of carbonyl (C=O) groups is 1. The number of carbonyl (C=O) groups excluding carboxylic acids is 1. The van der Waals surface area contributed by atoms with Crippen molar-refractivity contribution in [2.45, 2.75) is 32.1 Å². The molecule has 1 heterocycles. The summed E-state index contributed by atoms with van der Waals surface area (Å²) < 4.78 is 0. The highest BCUT2D eigenvalue weighted by Gasteiger charge is 2.41. The summed E-state index contributed by atoms with van der Waals surface area (Å²) in [6, 6.07) is 6.66. The van der Waals surface area contributed by atoms with Gasteiger partial charge in [-0.15, -0.1) is 0 Å². The predicted octanol–water partition coefficient (Wildman–Crippen LogP) is 2.80. The number of rotatable bonds is 1. The van der Waals surface area contributed by atoms with Gasteiger partial charge in [-0.3, -0.25) is 4.79 Å². The van der Waals surface area contributed by atoms with E-state index < -0.39 is 0 Å². The predicted molar refractivity (Wildman–Crippen MR) is 69.5 cm³/mol. The molecule has 18 heavy (non-hydrogen) atoms. The summed E-state index contributed by atoms with van der Waals surface area (Å²) in [7, 11) is 0. The first-order chi connectivity index (χ1) is 8.69. The van der Waals surface area contributed by atoms with Gasteiger partial charge in [0.2, 0.25) is 0 Å². The Kier molecular flexibility index (Phi) is 2.77. The van der Waals surface area contributed by atoms with Gasteiger partial charge >= 0.3 is 0 Å². The maximum atomic E-state index is 12.4. The molecule has 2 fully saturated rings. The van der Waals surface area contributed by atoms with Crippen LogP contribution in [0.2, 0.25) is 0 Å². The van der Waals surface area contributed by atoms with Crippen LogP contribution in [0.3, 0.4) is 0 Å². The average Bonchev–Trinajstić information content (AvgIpc) is 3.00. The van der Waals surface area contributed by atoms with Crippen molar-refractivity contribution in [3.8, 4) is 5.75 Å². The van der Waals surface area contributed by atoms with Crippen LogP contribution in [-0.4, -0.2) is 29.0 Å². The van der Waals surface area contributed by atoms with Crippen molar-refractivity contribution >= 4 is 5.91 Å². The van der Waals surface area contributed by atoms with Gasteiger partial charge in [0.05, 0.1) is 0 Å². The van der Waals surface area contributed by atoms with Crippen molar-refractivity contribution in [1.29, 1.82) is 0 Å². The van der Waals surface area contributed by atoms with E-state index in [0.29, 0.717) is 11.0 Å². The van der Waals surface area contributed by atoms with Gasteiger partial charge in [-0.05, 0) is 42.9 Å². The van der Waals surface area contributed by atoms with Crippen LogP contribution in [0.1, 0.15) is 42.5 Å². The number of hydrogen-bond donors (Lipinski definition) is 1. The number of amides is 1. The minimum Gasteiger partial charge on any atom is -0.508 e. The van der Waals surface area contributed by atoms with Crippen LogP contribution in [0.4, 0.5) is 0 Å². The minimum atomic E-state index is 0.0645. The van der Waals surface area contributed by atoms with E-state index in [-0.39, 0.29) is 11.7 Å². The molecule has 1 amide bonds. The summed E-state index contributed by atoms with van der Waals surface area (Å²) in [6.45, 7) is 1.77. The zero-order valence-electron chi connectivity index (χ0n) is 10.6. The fourth-order valence-corrected chi connectivity index (χ4v) is 3.46. The van der Waals surface area contributed by atoms with Crippen molar-refractivity contribution in [3.63, 3.8) is 0 Å². The Morgan fingerprint density at radius 3 is 2.72 bits per heavy atom. The normalized spacial score (nSPS) is 21.7. The Bertz CT molecular complexity index is 463. The standard InChI is InChI=1S/C15H19NO2/c17-13-5-3-4-12(10-13)14(18)16-9-8-15(11-16)6-1-2-7-15/h3-5,10,17H,1-2,6-9,11H2. The molecule has 0 atom stereocenters. The van der Waals surface area contributed by atoms with Crippen LogP contribution in [-0.2, 0) is 0 Å². The number of hydrogen-bond acceptors (Lipinski definition) is 2. The SMILES string of the molecule is O=C(c1cccc(O)c1)N1CCC2(CCCC2)C1. The molecule has 1 N–H and O–H groups in total. The average molecular weight is 245 g/mol. The van der Waals surface area contributed by atoms with Crippen LogP contribution in [0.15, 0.2) is 24.3 Å². The summed E-state index contributed by atoms with van der Waals surface area (Å²) >= 11 is 0. The highest BCUT2D eigenvalue weighted by molar-refractivity contribution is 5.94. The second-order valence-corrected chi connectivity index (χ2v) is 5.73. The van der Waals surface area contributed by atoms with Crippen LogP contribution in [0.5, 0.6) is 5.75 Å². The van der Waals surface area contributed by atoms with E-state index in [1.54, 1.807) is 24.3 Å². The first-order valence-electron chi connectivity index (χ1n) is 6.77. The molecule has 0 unspecified atom stereocenters. The fourth-order valence-electron chi connectivity index (χ4n) is 3.46. The first kappa shape index (κ1) is 11.6. The summed E-state index contributed by atoms with van der Waals surface area (Å²) in [5.74, 6) is 0.227. The minimum absolute atomic E-state index is 0.0645. The van der Waals surface area contributed by atoms with Gasteiger partial charge in [0.25, 0.3) is 5.91 Å². The molecule has 1 aliphatic heterocycles. The molecule has 96 valence electrons. The fraction of sp³-hybridized carbons (Fsp3) is 0.533. The quantitative estimate of drug-likeness (QED) is 0.826. The summed E-state index contributed by atoms with van der Waals surface area (Å²) in [4.78, 5) is 14.3. The molecule has 1 aromatic carbocycles. The maximum absolute atomic E-state index is 12.4. The van der Waals surface area contributed by atoms with Crippen molar-refractivity contribution in [3.05, 3.63) is 29.8 Å². The van der Waals surface area contributed by atoms with E-state index in [9.17, 15) is 9.90 Å². The van der Waals surface area contributed by atoms with Gasteiger partial charge in [-0.25, -0.2) is 0 Å². The van der Waals surface area contributed by atoms with Gasteiger partial charge in [0.15, 0.2) is 0 Å². The lowest BCUT2D eigenvalue weighted by molar-refractivity contribution is 0.0773. The second kappa shape index (κ2) is 4.30. The molecular weight excluding hydrogens is 226 g/mol. The largest absolute Gasteiger partial charge is 0.508 e. The van der Waals surface area contributed by atoms with Gasteiger partial charge in [0.1, 0.15) is 5.75 Å². The molecule has 2 aliphatic rings. The molecule has 1 spiro atoms. The Balaban J connectivity index is 1.74. The Morgan fingerprint density at radius 2 is 2.00 bits per heavy atom. The Labute approximate surface area is 107 Å². The first-order valence-corrected chi connectivity index (χ1v) is 6.77. The number of aromatic hydroxyl groups is 1. The number of nitrogens with zero attached hydrogens (tertiary/aromatic N) is 1. The second-order valence-electron chi connectivity index (χ2n) is 5.73. The summed E-state index contributed by atoms with van der Waals surface area (Å²) in [6.07, 6.45) is 6.33. The third-order valence-corrected chi connectivity index (χ3v) is 4.48. The van der Waals surface area contributed by atoms with Gasteiger partial charge in [-0.2, -0.15) is 0 Å². The number of phenols is 1. The lowest BCUT2D eigenvalue weighted by atomic mass is 9.86. The van der Waals surface area contributed by atoms with Crippen molar-refractivity contribution < 1.29 is 9.90 Å². The van der Waals surface area contributed by atoms with Gasteiger partial charge in [0, 0.05) is 18.7 Å². The van der Waals surface area contributed by atoms with Crippen LogP contribution in [0.25, 0.3) is 0 Å². The van der Waals surface area contributed by atoms with E-state index >= 15 is 0 Å². The molecule has 1 aromatic rings. The molecule has 0 radical (unpaired) electrons. The summed E-state index contributed by atoms with van der Waals surface area (Å²) in [5, 5.41) is 9.44. The monoisotopic (exact) mass is 245 g/mol. The Hall–Kier alpha value is -1.51. The smallest absolute Gasteiger partial charge is 0.254 e. The van der Waals surface area contributed by atoms with Crippen molar-refractivity contribution in [2.75, 3.05) is 13.1 Å². The highest BCUT2D eigenvalue weighted by atomic mass is 16.3. The molecular formula is C15H19NO2. The number of phenolic OH excluding ortho intramolecular Hbond substituents is 1. The molecule has 1 aliphatic carbocycles.